The molecular weight excluding hydrogens is 234 g/mol. The van der Waals surface area contributed by atoms with Gasteiger partial charge in [0.1, 0.15) is 0 Å². The van der Waals surface area contributed by atoms with E-state index < -0.39 is 0 Å². The summed E-state index contributed by atoms with van der Waals surface area (Å²) in [6.07, 6.45) is 3.63. The molecule has 2 nitrogen and oxygen atoms in total. The van der Waals surface area contributed by atoms with E-state index in [0.29, 0.717) is 17.9 Å². The van der Waals surface area contributed by atoms with E-state index in [2.05, 4.69) is 45.0 Å². The SMILES string of the molecule is CCC1OCCC1C(N)c1ccc(CC(C)C)cc1. The van der Waals surface area contributed by atoms with E-state index in [1.165, 1.54) is 11.1 Å². The smallest absolute Gasteiger partial charge is 0.0619 e. The normalized spacial score (nSPS) is 24.9. The van der Waals surface area contributed by atoms with Crippen molar-refractivity contribution in [2.75, 3.05) is 6.61 Å². The highest BCUT2D eigenvalue weighted by Gasteiger charge is 2.32. The zero-order valence-electron chi connectivity index (χ0n) is 12.4. The van der Waals surface area contributed by atoms with Crippen molar-refractivity contribution >= 4 is 0 Å². The van der Waals surface area contributed by atoms with Crippen molar-refractivity contribution in [1.82, 2.24) is 0 Å². The number of benzene rings is 1. The first-order valence-corrected chi connectivity index (χ1v) is 7.57. The van der Waals surface area contributed by atoms with E-state index >= 15 is 0 Å². The average molecular weight is 261 g/mol. The molecule has 1 aromatic rings. The van der Waals surface area contributed by atoms with Crippen molar-refractivity contribution < 1.29 is 4.74 Å². The summed E-state index contributed by atoms with van der Waals surface area (Å²) in [6.45, 7) is 7.55. The molecule has 0 bridgehead atoms. The molecule has 0 amide bonds. The summed E-state index contributed by atoms with van der Waals surface area (Å²) in [6, 6.07) is 8.97. The molecule has 1 saturated heterocycles. The maximum absolute atomic E-state index is 6.44. The minimum absolute atomic E-state index is 0.112. The molecule has 0 radical (unpaired) electrons. The molecule has 0 spiro atoms. The van der Waals surface area contributed by atoms with Crippen molar-refractivity contribution in [3.8, 4) is 0 Å². The molecule has 1 aliphatic heterocycles. The third-order valence-corrected chi connectivity index (χ3v) is 4.13. The Kier molecular flexibility index (Phi) is 5.00. The molecule has 2 rings (SSSR count). The van der Waals surface area contributed by atoms with Crippen molar-refractivity contribution in [3.63, 3.8) is 0 Å². The zero-order chi connectivity index (χ0) is 13.8. The molecule has 0 aliphatic carbocycles. The van der Waals surface area contributed by atoms with Crippen LogP contribution in [0.4, 0.5) is 0 Å². The van der Waals surface area contributed by atoms with Gasteiger partial charge in [-0.3, -0.25) is 0 Å². The van der Waals surface area contributed by atoms with Gasteiger partial charge in [-0.25, -0.2) is 0 Å². The van der Waals surface area contributed by atoms with Gasteiger partial charge in [-0.05, 0) is 36.3 Å². The molecule has 19 heavy (non-hydrogen) atoms. The van der Waals surface area contributed by atoms with E-state index in [4.69, 9.17) is 10.5 Å². The molecule has 3 atom stereocenters. The molecule has 3 unspecified atom stereocenters. The lowest BCUT2D eigenvalue weighted by molar-refractivity contribution is 0.0813. The minimum atomic E-state index is 0.112. The molecule has 1 heterocycles. The van der Waals surface area contributed by atoms with Gasteiger partial charge in [0.2, 0.25) is 0 Å². The van der Waals surface area contributed by atoms with Crippen LogP contribution in [0.15, 0.2) is 24.3 Å². The Morgan fingerprint density at radius 3 is 2.53 bits per heavy atom. The molecule has 0 aromatic heterocycles. The lowest BCUT2D eigenvalue weighted by Crippen LogP contribution is -2.27. The van der Waals surface area contributed by atoms with Crippen molar-refractivity contribution in [1.29, 1.82) is 0 Å². The highest BCUT2D eigenvalue weighted by atomic mass is 16.5. The lowest BCUT2D eigenvalue weighted by Gasteiger charge is -2.24. The summed E-state index contributed by atoms with van der Waals surface area (Å²) in [5, 5.41) is 0. The summed E-state index contributed by atoms with van der Waals surface area (Å²) < 4.78 is 5.75. The molecule has 0 saturated carbocycles. The topological polar surface area (TPSA) is 35.2 Å². The van der Waals surface area contributed by atoms with Gasteiger partial charge in [-0.1, -0.05) is 45.0 Å². The van der Waals surface area contributed by atoms with E-state index in [1.54, 1.807) is 0 Å². The maximum atomic E-state index is 6.44. The molecule has 1 fully saturated rings. The van der Waals surface area contributed by atoms with Gasteiger partial charge in [0, 0.05) is 18.6 Å². The van der Waals surface area contributed by atoms with Crippen molar-refractivity contribution in [2.24, 2.45) is 17.6 Å². The Morgan fingerprint density at radius 1 is 1.26 bits per heavy atom. The van der Waals surface area contributed by atoms with E-state index in [0.717, 1.165) is 25.9 Å². The minimum Gasteiger partial charge on any atom is -0.378 e. The van der Waals surface area contributed by atoms with Crippen LogP contribution in [0.5, 0.6) is 0 Å². The lowest BCUT2D eigenvalue weighted by atomic mass is 9.87. The number of hydrogen-bond donors (Lipinski definition) is 1. The highest BCUT2D eigenvalue weighted by molar-refractivity contribution is 5.26. The Morgan fingerprint density at radius 2 is 1.95 bits per heavy atom. The number of nitrogens with two attached hydrogens (primary N) is 1. The van der Waals surface area contributed by atoms with E-state index in [9.17, 15) is 0 Å². The Balaban J connectivity index is 2.04. The second-order valence-corrected chi connectivity index (χ2v) is 6.14. The van der Waals surface area contributed by atoms with E-state index in [1.807, 2.05) is 0 Å². The van der Waals surface area contributed by atoms with Gasteiger partial charge in [0.05, 0.1) is 6.10 Å². The first-order chi connectivity index (χ1) is 9.11. The molecular formula is C17H27NO. The van der Waals surface area contributed by atoms with Gasteiger partial charge < -0.3 is 10.5 Å². The quantitative estimate of drug-likeness (QED) is 0.877. The summed E-state index contributed by atoms with van der Waals surface area (Å²) >= 11 is 0. The maximum Gasteiger partial charge on any atom is 0.0619 e. The predicted molar refractivity (Wildman–Crippen MR) is 80.1 cm³/mol. The standard InChI is InChI=1S/C17H27NO/c1-4-16-15(9-10-19-16)17(18)14-7-5-13(6-8-14)11-12(2)3/h5-8,12,15-17H,4,9-11,18H2,1-3H3. The second-order valence-electron chi connectivity index (χ2n) is 6.14. The number of ether oxygens (including phenoxy) is 1. The fraction of sp³-hybridized carbons (Fsp3) is 0.647. The van der Waals surface area contributed by atoms with Crippen LogP contribution < -0.4 is 5.73 Å². The predicted octanol–water partition coefficient (Wildman–Crippen LogP) is 3.70. The van der Waals surface area contributed by atoms with Gasteiger partial charge in [0.25, 0.3) is 0 Å². The summed E-state index contributed by atoms with van der Waals surface area (Å²) in [4.78, 5) is 0. The largest absolute Gasteiger partial charge is 0.378 e. The molecule has 2 N–H and O–H groups in total. The molecule has 106 valence electrons. The molecule has 1 aromatic carbocycles. The summed E-state index contributed by atoms with van der Waals surface area (Å²) in [5.41, 5.74) is 9.09. The first-order valence-electron chi connectivity index (χ1n) is 7.57. The van der Waals surface area contributed by atoms with Crippen molar-refractivity contribution in [2.45, 2.75) is 52.2 Å². The van der Waals surface area contributed by atoms with Crippen LogP contribution in [0.1, 0.15) is 50.8 Å². The second kappa shape index (κ2) is 6.53. The monoisotopic (exact) mass is 261 g/mol. The van der Waals surface area contributed by atoms with Crippen LogP contribution in [0.25, 0.3) is 0 Å². The first kappa shape index (κ1) is 14.5. The summed E-state index contributed by atoms with van der Waals surface area (Å²) in [7, 11) is 0. The van der Waals surface area contributed by atoms with Crippen LogP contribution >= 0.6 is 0 Å². The summed E-state index contributed by atoms with van der Waals surface area (Å²) in [5.74, 6) is 1.17. The third-order valence-electron chi connectivity index (χ3n) is 4.13. The fourth-order valence-electron chi connectivity index (χ4n) is 3.09. The fourth-order valence-corrected chi connectivity index (χ4v) is 3.09. The Bertz CT molecular complexity index is 385. The van der Waals surface area contributed by atoms with Gasteiger partial charge >= 0.3 is 0 Å². The Hall–Kier alpha value is -0.860. The van der Waals surface area contributed by atoms with Crippen LogP contribution in [0, 0.1) is 11.8 Å². The number of rotatable bonds is 5. The van der Waals surface area contributed by atoms with Gasteiger partial charge in [-0.15, -0.1) is 0 Å². The van der Waals surface area contributed by atoms with Crippen LogP contribution in [0.3, 0.4) is 0 Å². The van der Waals surface area contributed by atoms with Crippen LogP contribution in [-0.2, 0) is 11.2 Å². The van der Waals surface area contributed by atoms with E-state index in [-0.39, 0.29) is 6.04 Å². The van der Waals surface area contributed by atoms with Gasteiger partial charge in [0.15, 0.2) is 0 Å². The van der Waals surface area contributed by atoms with Gasteiger partial charge in [-0.2, -0.15) is 0 Å². The Labute approximate surface area is 117 Å². The highest BCUT2D eigenvalue weighted by Crippen LogP contribution is 2.33. The van der Waals surface area contributed by atoms with Crippen molar-refractivity contribution in [3.05, 3.63) is 35.4 Å². The van der Waals surface area contributed by atoms with Crippen LogP contribution in [0.2, 0.25) is 0 Å². The number of hydrogen-bond acceptors (Lipinski definition) is 2. The third kappa shape index (κ3) is 3.58. The van der Waals surface area contributed by atoms with Crippen LogP contribution in [-0.4, -0.2) is 12.7 Å². The average Bonchev–Trinajstić information content (AvgIpc) is 2.86. The molecule has 2 heteroatoms. The molecule has 1 aliphatic rings. The zero-order valence-corrected chi connectivity index (χ0v) is 12.4.